The van der Waals surface area contributed by atoms with Gasteiger partial charge in [-0.3, -0.25) is 4.79 Å². The zero-order valence-electron chi connectivity index (χ0n) is 32.8. The van der Waals surface area contributed by atoms with Gasteiger partial charge in [0, 0.05) is 31.4 Å². The first-order chi connectivity index (χ1) is 24.0. The number of sulfone groups is 1. The summed E-state index contributed by atoms with van der Waals surface area (Å²) in [5, 5.41) is 0. The number of fused-ring (bicyclic) bond motifs is 7. The molecule has 0 unspecified atom stereocenters. The zero-order valence-corrected chi connectivity index (χ0v) is 33.6. The van der Waals surface area contributed by atoms with Crippen molar-refractivity contribution >= 4 is 21.6 Å². The molecule has 6 aliphatic rings. The van der Waals surface area contributed by atoms with Crippen LogP contribution < -0.4 is 10.6 Å². The lowest BCUT2D eigenvalue weighted by atomic mass is 9.33. The fourth-order valence-corrected chi connectivity index (χ4v) is 15.8. The molecule has 0 aromatic carbocycles. The molecule has 7 nitrogen and oxygen atoms in total. The molecular weight excluding hydrogens is 653 g/mol. The minimum Gasteiger partial charge on any atom is -0.366 e. The van der Waals surface area contributed by atoms with Crippen LogP contribution >= 0.6 is 0 Å². The van der Waals surface area contributed by atoms with E-state index in [1.54, 1.807) is 6.20 Å². The quantitative estimate of drug-likeness (QED) is 0.204. The monoisotopic (exact) mass is 721 g/mol. The summed E-state index contributed by atoms with van der Waals surface area (Å²) in [6, 6.07) is 3.84. The molecule has 9 atom stereocenters. The molecule has 1 aromatic rings. The van der Waals surface area contributed by atoms with Crippen molar-refractivity contribution in [3.05, 3.63) is 36.0 Å². The van der Waals surface area contributed by atoms with Gasteiger partial charge in [0.1, 0.15) is 5.82 Å². The minimum absolute atomic E-state index is 0.0305. The Morgan fingerprint density at radius 2 is 1.63 bits per heavy atom. The third-order valence-corrected chi connectivity index (χ3v) is 18.9. The average Bonchev–Trinajstić information content (AvgIpc) is 3.45. The molecule has 6 fully saturated rings. The smallest absolute Gasteiger partial charge is 0.250 e. The van der Waals surface area contributed by atoms with Gasteiger partial charge in [-0.15, -0.1) is 0 Å². The molecule has 2 saturated heterocycles. The lowest BCUT2D eigenvalue weighted by Crippen LogP contribution is -2.69. The lowest BCUT2D eigenvalue weighted by molar-refractivity contribution is -0.228. The van der Waals surface area contributed by atoms with Crippen LogP contribution in [-0.2, 0) is 9.84 Å². The van der Waals surface area contributed by atoms with Gasteiger partial charge in [0.25, 0.3) is 0 Å². The maximum atomic E-state index is 11.9. The topological polar surface area (TPSA) is 96.6 Å². The predicted molar refractivity (Wildman–Crippen MR) is 208 cm³/mol. The van der Waals surface area contributed by atoms with Crippen molar-refractivity contribution in [1.29, 1.82) is 0 Å². The van der Waals surface area contributed by atoms with Crippen LogP contribution in [0, 0.1) is 51.2 Å². The standard InChI is InChI=1S/C43H68N4O3S/c1-30(2)32-15-19-43(17-9-8-10-23-46-25-27-51(49,50)28-26-46)21-20-41(6)33(37(32)43)12-13-35-40(5)22-24-47(36-14-11-31(29-45-36)38(44)48)39(3,4)34(40)16-18-42(35,41)7/h11,14,29,32-35,37H,1,8-10,12-13,15-28H2,2-7H3,(H2,44,48)/t32-,33+,34-,35+,37+,40-,41+,42+,43+/m0/s1. The number of unbranched alkanes of at least 4 members (excludes halogenated alkanes) is 2. The Morgan fingerprint density at radius 3 is 2.29 bits per heavy atom. The number of piperidine rings is 1. The first-order valence-corrected chi connectivity index (χ1v) is 22.4. The van der Waals surface area contributed by atoms with Crippen LogP contribution in [-0.4, -0.2) is 67.4 Å². The van der Waals surface area contributed by atoms with E-state index in [0.29, 0.717) is 58.2 Å². The first-order valence-electron chi connectivity index (χ1n) is 20.6. The van der Waals surface area contributed by atoms with E-state index in [-0.39, 0.29) is 11.0 Å². The Kier molecular flexibility index (Phi) is 9.62. The van der Waals surface area contributed by atoms with Crippen molar-refractivity contribution in [2.75, 3.05) is 42.6 Å². The molecule has 2 N–H and O–H groups in total. The second-order valence-electron chi connectivity index (χ2n) is 19.7. The number of carbonyl (C=O) groups excluding carboxylic acids is 1. The number of hydrogen-bond acceptors (Lipinski definition) is 6. The maximum Gasteiger partial charge on any atom is 0.250 e. The number of nitrogens with two attached hydrogens (primary N) is 1. The second kappa shape index (κ2) is 13.1. The van der Waals surface area contributed by atoms with Gasteiger partial charge in [-0.05, 0) is 161 Å². The number of primary amides is 1. The fourth-order valence-electron chi connectivity index (χ4n) is 14.5. The van der Waals surface area contributed by atoms with Crippen molar-refractivity contribution in [2.45, 2.75) is 131 Å². The Hall–Kier alpha value is -1.93. The van der Waals surface area contributed by atoms with Crippen LogP contribution in [0.4, 0.5) is 5.82 Å². The molecule has 284 valence electrons. The molecule has 1 amide bonds. The predicted octanol–water partition coefficient (Wildman–Crippen LogP) is 8.30. The van der Waals surface area contributed by atoms with E-state index in [0.717, 1.165) is 36.7 Å². The molecule has 4 aliphatic carbocycles. The molecule has 0 bridgehead atoms. The third kappa shape index (κ3) is 6.03. The number of pyridine rings is 1. The van der Waals surface area contributed by atoms with Crippen LogP contribution in [0.2, 0.25) is 0 Å². The van der Waals surface area contributed by atoms with E-state index >= 15 is 0 Å². The number of anilines is 1. The van der Waals surface area contributed by atoms with Crippen LogP contribution in [0.5, 0.6) is 0 Å². The largest absolute Gasteiger partial charge is 0.366 e. The van der Waals surface area contributed by atoms with E-state index < -0.39 is 15.7 Å². The van der Waals surface area contributed by atoms with E-state index in [4.69, 9.17) is 10.7 Å². The highest BCUT2D eigenvalue weighted by molar-refractivity contribution is 7.91. The number of hydrogen-bond donors (Lipinski definition) is 1. The van der Waals surface area contributed by atoms with Gasteiger partial charge in [-0.25, -0.2) is 13.4 Å². The number of allylic oxidation sites excluding steroid dienone is 1. The summed E-state index contributed by atoms with van der Waals surface area (Å²) in [5.41, 5.74) is 8.83. The van der Waals surface area contributed by atoms with Gasteiger partial charge in [0.05, 0.1) is 17.1 Å². The highest BCUT2D eigenvalue weighted by Crippen LogP contribution is 2.77. The van der Waals surface area contributed by atoms with Crippen LogP contribution in [0.25, 0.3) is 0 Å². The molecule has 7 rings (SSSR count). The average molecular weight is 721 g/mol. The van der Waals surface area contributed by atoms with Crippen molar-refractivity contribution in [3.8, 4) is 0 Å². The number of aromatic nitrogens is 1. The van der Waals surface area contributed by atoms with Gasteiger partial charge >= 0.3 is 0 Å². The number of amides is 1. The molecule has 4 saturated carbocycles. The highest BCUT2D eigenvalue weighted by atomic mass is 32.2. The van der Waals surface area contributed by atoms with Crippen LogP contribution in [0.3, 0.4) is 0 Å². The number of carbonyl (C=O) groups is 1. The van der Waals surface area contributed by atoms with E-state index in [1.807, 2.05) is 12.1 Å². The van der Waals surface area contributed by atoms with Gasteiger partial charge in [-0.1, -0.05) is 45.8 Å². The molecular formula is C43H68N4O3S. The number of nitrogens with zero attached hydrogens (tertiary/aromatic N) is 3. The fraction of sp³-hybridized carbons (Fsp3) is 0.814. The van der Waals surface area contributed by atoms with E-state index in [9.17, 15) is 13.2 Å². The summed E-state index contributed by atoms with van der Waals surface area (Å²) in [6.07, 6.45) is 18.7. The van der Waals surface area contributed by atoms with E-state index in [1.165, 1.54) is 89.0 Å². The summed E-state index contributed by atoms with van der Waals surface area (Å²) in [4.78, 5) is 21.4. The van der Waals surface area contributed by atoms with Crippen LogP contribution in [0.15, 0.2) is 30.5 Å². The summed E-state index contributed by atoms with van der Waals surface area (Å²) in [6.45, 7) is 23.5. The number of rotatable bonds is 9. The SMILES string of the molecule is C=C(C)[C@@H]1CC[C@]2(CCCCCN3CCS(=O)(=O)CC3)CC[C@]3(C)[C@H](CC[C@@H]4[C@@]5(C)CCN(c6ccc(C(N)=O)cn6)C(C)(C)[C@@H]5CC[C@]43C)[C@@H]12. The molecule has 51 heavy (non-hydrogen) atoms. The van der Waals surface area contributed by atoms with Crippen molar-refractivity contribution in [2.24, 2.45) is 57.0 Å². The van der Waals surface area contributed by atoms with Gasteiger partial charge in [0.2, 0.25) is 5.91 Å². The maximum absolute atomic E-state index is 11.9. The molecule has 0 spiro atoms. The van der Waals surface area contributed by atoms with E-state index in [2.05, 4.69) is 57.9 Å². The lowest BCUT2D eigenvalue weighted by Gasteiger charge is -2.73. The Labute approximate surface area is 309 Å². The Morgan fingerprint density at radius 1 is 0.882 bits per heavy atom. The summed E-state index contributed by atoms with van der Waals surface area (Å²) in [7, 11) is -2.81. The minimum atomic E-state index is -2.81. The Bertz CT molecular complexity index is 1590. The van der Waals surface area contributed by atoms with Crippen molar-refractivity contribution in [3.63, 3.8) is 0 Å². The van der Waals surface area contributed by atoms with Gasteiger partial charge < -0.3 is 15.5 Å². The third-order valence-electron chi connectivity index (χ3n) is 17.3. The highest BCUT2D eigenvalue weighted by Gasteiger charge is 2.70. The van der Waals surface area contributed by atoms with Crippen LogP contribution in [0.1, 0.15) is 135 Å². The normalized spacial score (nSPS) is 41.5. The van der Waals surface area contributed by atoms with Gasteiger partial charge in [0.15, 0.2) is 9.84 Å². The molecule has 0 radical (unpaired) electrons. The second-order valence-corrected chi connectivity index (χ2v) is 22.0. The summed E-state index contributed by atoms with van der Waals surface area (Å²) >= 11 is 0. The summed E-state index contributed by atoms with van der Waals surface area (Å²) in [5.74, 6) is 4.71. The summed E-state index contributed by atoms with van der Waals surface area (Å²) < 4.78 is 23.8. The van der Waals surface area contributed by atoms with Crippen molar-refractivity contribution < 1.29 is 13.2 Å². The van der Waals surface area contributed by atoms with Gasteiger partial charge in [-0.2, -0.15) is 0 Å². The first kappa shape index (κ1) is 37.4. The Balaban J connectivity index is 1.08. The molecule has 3 heterocycles. The molecule has 2 aliphatic heterocycles. The zero-order chi connectivity index (χ0) is 36.6. The molecule has 8 heteroatoms. The molecule has 1 aromatic heterocycles. The van der Waals surface area contributed by atoms with Crippen molar-refractivity contribution in [1.82, 2.24) is 9.88 Å².